The number of nitrogens with zero attached hydrogens (tertiary/aromatic N) is 1. The monoisotopic (exact) mass is 295 g/mol. The number of rotatable bonds is 1. The molecule has 0 atom stereocenters. The van der Waals surface area contributed by atoms with Gasteiger partial charge in [-0.1, -0.05) is 60.7 Å². The average Bonchev–Trinajstić information content (AvgIpc) is 3.06. The second-order valence-corrected chi connectivity index (χ2v) is 5.68. The van der Waals surface area contributed by atoms with Gasteiger partial charge in [0.15, 0.2) is 5.58 Å². The van der Waals surface area contributed by atoms with Crippen molar-refractivity contribution >= 4 is 32.6 Å². The molecule has 2 heteroatoms. The predicted octanol–water partition coefficient (Wildman–Crippen LogP) is 5.80. The molecular formula is C21H13NO. The molecule has 0 aliphatic carbocycles. The van der Waals surface area contributed by atoms with Crippen molar-refractivity contribution in [2.75, 3.05) is 0 Å². The minimum absolute atomic E-state index is 0.668. The minimum Gasteiger partial charge on any atom is -0.436 e. The molecule has 0 aliphatic heterocycles. The van der Waals surface area contributed by atoms with Gasteiger partial charge in [-0.25, -0.2) is 4.98 Å². The first-order valence-corrected chi connectivity index (χ1v) is 7.66. The molecule has 0 unspecified atom stereocenters. The van der Waals surface area contributed by atoms with E-state index in [1.165, 1.54) is 16.2 Å². The first-order valence-electron chi connectivity index (χ1n) is 7.66. The van der Waals surface area contributed by atoms with Crippen LogP contribution in [-0.2, 0) is 0 Å². The molecule has 0 spiro atoms. The van der Waals surface area contributed by atoms with Crippen molar-refractivity contribution in [2.45, 2.75) is 0 Å². The molecule has 5 rings (SSSR count). The summed E-state index contributed by atoms with van der Waals surface area (Å²) in [5, 5.41) is 4.77. The van der Waals surface area contributed by atoms with Crippen molar-refractivity contribution in [3.05, 3.63) is 78.9 Å². The van der Waals surface area contributed by atoms with Crippen molar-refractivity contribution < 1.29 is 4.42 Å². The first kappa shape index (κ1) is 12.4. The average molecular weight is 295 g/mol. The van der Waals surface area contributed by atoms with Gasteiger partial charge in [0, 0.05) is 10.9 Å². The van der Waals surface area contributed by atoms with Crippen LogP contribution in [-0.4, -0.2) is 4.98 Å². The molecule has 0 bridgehead atoms. The molecule has 0 saturated heterocycles. The van der Waals surface area contributed by atoms with Gasteiger partial charge in [0.2, 0.25) is 5.89 Å². The van der Waals surface area contributed by atoms with Crippen molar-refractivity contribution in [3.8, 4) is 11.5 Å². The summed E-state index contributed by atoms with van der Waals surface area (Å²) in [4.78, 5) is 4.79. The molecule has 0 fully saturated rings. The highest BCUT2D eigenvalue weighted by Crippen LogP contribution is 2.34. The van der Waals surface area contributed by atoms with E-state index < -0.39 is 0 Å². The molecule has 0 saturated carbocycles. The van der Waals surface area contributed by atoms with Crippen LogP contribution in [0.1, 0.15) is 0 Å². The van der Waals surface area contributed by atoms with E-state index in [0.717, 1.165) is 22.0 Å². The zero-order valence-electron chi connectivity index (χ0n) is 12.4. The third kappa shape index (κ3) is 1.85. The molecule has 1 aromatic heterocycles. The third-order valence-corrected chi connectivity index (χ3v) is 4.29. The summed E-state index contributed by atoms with van der Waals surface area (Å²) in [6.45, 7) is 0. The maximum Gasteiger partial charge on any atom is 0.227 e. The van der Waals surface area contributed by atoms with E-state index >= 15 is 0 Å². The number of hydrogen-bond donors (Lipinski definition) is 0. The Morgan fingerprint density at radius 3 is 2.30 bits per heavy atom. The van der Waals surface area contributed by atoms with Gasteiger partial charge in [0.1, 0.15) is 5.52 Å². The Bertz CT molecular complexity index is 1160. The van der Waals surface area contributed by atoms with Crippen molar-refractivity contribution in [2.24, 2.45) is 0 Å². The van der Waals surface area contributed by atoms with Crippen LogP contribution in [0.15, 0.2) is 83.3 Å². The number of aromatic nitrogens is 1. The van der Waals surface area contributed by atoms with Gasteiger partial charge in [-0.05, 0) is 34.4 Å². The summed E-state index contributed by atoms with van der Waals surface area (Å²) in [6.07, 6.45) is 0. The lowest BCUT2D eigenvalue weighted by molar-refractivity contribution is 0.620. The zero-order chi connectivity index (χ0) is 15.2. The van der Waals surface area contributed by atoms with Crippen molar-refractivity contribution in [1.82, 2.24) is 4.98 Å². The van der Waals surface area contributed by atoms with Crippen LogP contribution in [0.4, 0.5) is 0 Å². The lowest BCUT2D eigenvalue weighted by Gasteiger charge is -2.03. The molecule has 108 valence electrons. The number of oxazole rings is 1. The van der Waals surface area contributed by atoms with Crippen LogP contribution in [0.3, 0.4) is 0 Å². The molecular weight excluding hydrogens is 282 g/mol. The Labute approximate surface area is 133 Å². The lowest BCUT2D eigenvalue weighted by atomic mass is 10.0. The Hall–Kier alpha value is -3.13. The summed E-state index contributed by atoms with van der Waals surface area (Å²) in [5.74, 6) is 0.668. The Balaban J connectivity index is 1.92. The van der Waals surface area contributed by atoms with Gasteiger partial charge in [-0.2, -0.15) is 0 Å². The summed E-state index contributed by atoms with van der Waals surface area (Å²) in [6, 6.07) is 26.8. The van der Waals surface area contributed by atoms with E-state index in [-0.39, 0.29) is 0 Å². The summed E-state index contributed by atoms with van der Waals surface area (Å²) < 4.78 is 6.00. The Morgan fingerprint density at radius 1 is 0.652 bits per heavy atom. The highest BCUT2D eigenvalue weighted by atomic mass is 16.3. The van der Waals surface area contributed by atoms with Gasteiger partial charge < -0.3 is 4.42 Å². The molecule has 0 amide bonds. The highest BCUT2D eigenvalue weighted by Gasteiger charge is 2.12. The Kier molecular flexibility index (Phi) is 2.53. The van der Waals surface area contributed by atoms with Crippen LogP contribution < -0.4 is 0 Å². The fourth-order valence-corrected chi connectivity index (χ4v) is 3.19. The molecule has 4 aromatic carbocycles. The predicted molar refractivity (Wildman–Crippen MR) is 94.5 cm³/mol. The maximum atomic E-state index is 6.00. The summed E-state index contributed by atoms with van der Waals surface area (Å²) in [7, 11) is 0. The van der Waals surface area contributed by atoms with E-state index in [0.29, 0.717) is 5.89 Å². The SMILES string of the molecule is c1ccc(-c2nc3c(ccc4ccc5ccccc5c43)o2)cc1. The van der Waals surface area contributed by atoms with Gasteiger partial charge in [-0.15, -0.1) is 0 Å². The second kappa shape index (κ2) is 4.68. The number of benzene rings is 4. The van der Waals surface area contributed by atoms with Crippen molar-refractivity contribution in [1.29, 1.82) is 0 Å². The minimum atomic E-state index is 0.668. The molecule has 5 aromatic rings. The van der Waals surface area contributed by atoms with E-state index in [4.69, 9.17) is 9.40 Å². The molecule has 0 radical (unpaired) electrons. The Morgan fingerprint density at radius 2 is 1.39 bits per heavy atom. The number of fused-ring (bicyclic) bond motifs is 5. The van der Waals surface area contributed by atoms with Crippen LogP contribution in [0, 0.1) is 0 Å². The molecule has 0 aliphatic rings. The van der Waals surface area contributed by atoms with Crippen LogP contribution in [0.5, 0.6) is 0 Å². The maximum absolute atomic E-state index is 6.00. The van der Waals surface area contributed by atoms with Gasteiger partial charge in [0.25, 0.3) is 0 Å². The zero-order valence-corrected chi connectivity index (χ0v) is 12.4. The van der Waals surface area contributed by atoms with Gasteiger partial charge >= 0.3 is 0 Å². The molecule has 2 nitrogen and oxygen atoms in total. The quantitative estimate of drug-likeness (QED) is 0.365. The van der Waals surface area contributed by atoms with E-state index in [1.807, 2.05) is 36.4 Å². The largest absolute Gasteiger partial charge is 0.436 e. The van der Waals surface area contributed by atoms with Crippen LogP contribution in [0.25, 0.3) is 44.1 Å². The fourth-order valence-electron chi connectivity index (χ4n) is 3.19. The molecule has 1 heterocycles. The number of hydrogen-bond acceptors (Lipinski definition) is 2. The summed E-state index contributed by atoms with van der Waals surface area (Å²) in [5.41, 5.74) is 2.75. The third-order valence-electron chi connectivity index (χ3n) is 4.29. The van der Waals surface area contributed by atoms with E-state index in [2.05, 4.69) is 42.5 Å². The molecule has 0 N–H and O–H groups in total. The smallest absolute Gasteiger partial charge is 0.227 e. The van der Waals surface area contributed by atoms with Crippen LogP contribution >= 0.6 is 0 Å². The summed E-state index contributed by atoms with van der Waals surface area (Å²) >= 11 is 0. The first-order chi connectivity index (χ1) is 11.4. The van der Waals surface area contributed by atoms with Crippen LogP contribution in [0.2, 0.25) is 0 Å². The molecule has 23 heavy (non-hydrogen) atoms. The lowest BCUT2D eigenvalue weighted by Crippen LogP contribution is -1.80. The van der Waals surface area contributed by atoms with E-state index in [1.54, 1.807) is 0 Å². The van der Waals surface area contributed by atoms with E-state index in [9.17, 15) is 0 Å². The van der Waals surface area contributed by atoms with Gasteiger partial charge in [0.05, 0.1) is 0 Å². The topological polar surface area (TPSA) is 26.0 Å². The van der Waals surface area contributed by atoms with Crippen molar-refractivity contribution in [3.63, 3.8) is 0 Å². The highest BCUT2D eigenvalue weighted by molar-refractivity contribution is 6.18. The van der Waals surface area contributed by atoms with Gasteiger partial charge in [-0.3, -0.25) is 0 Å². The second-order valence-electron chi connectivity index (χ2n) is 5.68. The fraction of sp³-hybridized carbons (Fsp3) is 0. The standard InChI is InChI=1S/C21H13NO/c1-2-7-16(8-3-1)21-22-20-18(23-21)13-12-15-11-10-14-6-4-5-9-17(14)19(15)20/h1-13H. The normalized spacial score (nSPS) is 11.5.